The van der Waals surface area contributed by atoms with Gasteiger partial charge < -0.3 is 4.90 Å². The Kier molecular flexibility index (Phi) is 2.92. The summed E-state index contributed by atoms with van der Waals surface area (Å²) in [5.74, 6) is 0.0334. The number of rotatable bonds is 1. The Morgan fingerprint density at radius 1 is 1.44 bits per heavy atom. The third kappa shape index (κ3) is 2.12. The summed E-state index contributed by atoms with van der Waals surface area (Å²) in [5, 5.41) is 0. The largest absolute Gasteiger partial charge is 0.416 e. The zero-order chi connectivity index (χ0) is 13.5. The van der Waals surface area contributed by atoms with E-state index in [0.29, 0.717) is 6.54 Å². The van der Waals surface area contributed by atoms with Crippen molar-refractivity contribution in [1.82, 2.24) is 9.88 Å². The maximum Gasteiger partial charge on any atom is 0.416 e. The summed E-state index contributed by atoms with van der Waals surface area (Å²) in [6.45, 7) is 2.16. The first-order valence-corrected chi connectivity index (χ1v) is 5.38. The van der Waals surface area contributed by atoms with Crippen LogP contribution >= 0.6 is 0 Å². The van der Waals surface area contributed by atoms with Gasteiger partial charge in [-0.15, -0.1) is 0 Å². The Morgan fingerprint density at radius 2 is 2.11 bits per heavy atom. The third-order valence-electron chi connectivity index (χ3n) is 2.99. The highest BCUT2D eigenvalue weighted by molar-refractivity contribution is 5.93. The zero-order valence-electron chi connectivity index (χ0n) is 9.90. The maximum atomic E-state index is 12.6. The van der Waals surface area contributed by atoms with Gasteiger partial charge in [-0.05, 0) is 19.1 Å². The molecule has 1 aromatic rings. The molecular weight excluding hydrogens is 247 g/mol. The van der Waals surface area contributed by atoms with Crippen molar-refractivity contribution in [3.05, 3.63) is 23.9 Å². The van der Waals surface area contributed by atoms with Gasteiger partial charge in [0.25, 0.3) is 0 Å². The lowest BCUT2D eigenvalue weighted by Crippen LogP contribution is -2.30. The molecule has 2 rings (SSSR count). The monoisotopic (exact) mass is 259 g/mol. The number of carbonyl (C=O) groups is 1. The number of carbonyl (C=O) groups excluding carboxylic acids is 1. The molecule has 1 aliphatic heterocycles. The van der Waals surface area contributed by atoms with E-state index in [1.165, 1.54) is 9.80 Å². The number of nitrogens with zero attached hydrogens (tertiary/aromatic N) is 3. The number of likely N-dealkylation sites (N-methyl/N-ethyl adjacent to an activating group) is 1. The first-order chi connectivity index (χ1) is 8.30. The van der Waals surface area contributed by atoms with Crippen LogP contribution in [0, 0.1) is 0 Å². The topological polar surface area (TPSA) is 36.4 Å². The van der Waals surface area contributed by atoms with Crippen LogP contribution in [-0.2, 0) is 6.18 Å². The number of urea groups is 1. The minimum atomic E-state index is -4.43. The Hall–Kier alpha value is -1.79. The smallest absolute Gasteiger partial charge is 0.323 e. The first-order valence-electron chi connectivity index (χ1n) is 5.38. The van der Waals surface area contributed by atoms with Gasteiger partial charge in [-0.2, -0.15) is 13.2 Å². The van der Waals surface area contributed by atoms with Crippen molar-refractivity contribution in [2.24, 2.45) is 0 Å². The zero-order valence-corrected chi connectivity index (χ0v) is 9.90. The summed E-state index contributed by atoms with van der Waals surface area (Å²) in [5.41, 5.74) is -0.803. The van der Waals surface area contributed by atoms with Crippen LogP contribution in [0.1, 0.15) is 12.5 Å². The Morgan fingerprint density at radius 3 is 2.61 bits per heavy atom. The highest BCUT2D eigenvalue weighted by atomic mass is 19.4. The summed E-state index contributed by atoms with van der Waals surface area (Å²) >= 11 is 0. The van der Waals surface area contributed by atoms with Crippen LogP contribution in [0.4, 0.5) is 23.8 Å². The Balaban J connectivity index is 2.33. The average Bonchev–Trinajstić information content (AvgIpc) is 2.56. The van der Waals surface area contributed by atoms with Crippen molar-refractivity contribution >= 4 is 11.8 Å². The van der Waals surface area contributed by atoms with E-state index in [1.807, 2.05) is 6.92 Å². The molecule has 1 fully saturated rings. The third-order valence-corrected chi connectivity index (χ3v) is 2.99. The van der Waals surface area contributed by atoms with E-state index in [1.54, 1.807) is 7.05 Å². The molecular formula is C11H12F3N3O. The van der Waals surface area contributed by atoms with Crippen LogP contribution in [0.15, 0.2) is 18.3 Å². The maximum absolute atomic E-state index is 12.6. The Labute approximate surface area is 102 Å². The lowest BCUT2D eigenvalue weighted by Gasteiger charge is -2.16. The van der Waals surface area contributed by atoms with Crippen LogP contribution in [0.25, 0.3) is 0 Å². The molecule has 0 aromatic carbocycles. The van der Waals surface area contributed by atoms with Crippen molar-refractivity contribution < 1.29 is 18.0 Å². The summed E-state index contributed by atoms with van der Waals surface area (Å²) in [7, 11) is 1.61. The van der Waals surface area contributed by atoms with Gasteiger partial charge in [0.2, 0.25) is 0 Å². The number of hydrogen-bond donors (Lipinski definition) is 0. The highest BCUT2D eigenvalue weighted by Gasteiger charge is 2.36. The molecule has 4 nitrogen and oxygen atoms in total. The van der Waals surface area contributed by atoms with Gasteiger partial charge >= 0.3 is 12.2 Å². The number of hydrogen-bond acceptors (Lipinski definition) is 2. The standard InChI is InChI=1S/C11H12F3N3O/c1-7-6-17(10(18)16(7)2)9-5-8(3-4-15-9)11(12,13)14/h3-5,7H,6H2,1-2H3. The van der Waals surface area contributed by atoms with E-state index in [4.69, 9.17) is 0 Å². The molecule has 2 heterocycles. The molecule has 1 atom stereocenters. The molecule has 0 N–H and O–H groups in total. The van der Waals surface area contributed by atoms with Crippen molar-refractivity contribution in [2.75, 3.05) is 18.5 Å². The predicted octanol–water partition coefficient (Wildman–Crippen LogP) is 2.36. The van der Waals surface area contributed by atoms with E-state index >= 15 is 0 Å². The summed E-state index contributed by atoms with van der Waals surface area (Å²) in [4.78, 5) is 18.4. The quantitative estimate of drug-likeness (QED) is 0.776. The number of aromatic nitrogens is 1. The molecule has 0 bridgehead atoms. The number of pyridine rings is 1. The van der Waals surface area contributed by atoms with Crippen molar-refractivity contribution in [3.63, 3.8) is 0 Å². The lowest BCUT2D eigenvalue weighted by molar-refractivity contribution is -0.137. The number of halogens is 3. The molecule has 98 valence electrons. The van der Waals surface area contributed by atoms with Crippen LogP contribution < -0.4 is 4.90 Å². The van der Waals surface area contributed by atoms with Gasteiger partial charge in [-0.1, -0.05) is 0 Å². The van der Waals surface area contributed by atoms with Gasteiger partial charge in [-0.3, -0.25) is 4.90 Å². The van der Waals surface area contributed by atoms with E-state index < -0.39 is 11.7 Å². The molecule has 0 radical (unpaired) electrons. The van der Waals surface area contributed by atoms with E-state index in [0.717, 1.165) is 18.3 Å². The van der Waals surface area contributed by atoms with Crippen molar-refractivity contribution in [2.45, 2.75) is 19.1 Å². The lowest BCUT2D eigenvalue weighted by atomic mass is 10.2. The van der Waals surface area contributed by atoms with Gasteiger partial charge in [0.15, 0.2) is 0 Å². The normalized spacial score (nSPS) is 20.7. The van der Waals surface area contributed by atoms with E-state index in [2.05, 4.69) is 4.98 Å². The van der Waals surface area contributed by atoms with Gasteiger partial charge in [0, 0.05) is 25.8 Å². The van der Waals surface area contributed by atoms with Crippen LogP contribution in [-0.4, -0.2) is 35.5 Å². The predicted molar refractivity (Wildman–Crippen MR) is 59.2 cm³/mol. The molecule has 1 unspecified atom stereocenters. The molecule has 0 saturated carbocycles. The van der Waals surface area contributed by atoms with Gasteiger partial charge in [0.1, 0.15) is 5.82 Å². The fourth-order valence-corrected chi connectivity index (χ4v) is 1.78. The molecule has 18 heavy (non-hydrogen) atoms. The molecule has 1 aliphatic rings. The van der Waals surface area contributed by atoms with Gasteiger partial charge in [0.05, 0.1) is 5.56 Å². The molecule has 0 spiro atoms. The van der Waals surface area contributed by atoms with E-state index in [9.17, 15) is 18.0 Å². The molecule has 1 saturated heterocycles. The fourth-order valence-electron chi connectivity index (χ4n) is 1.78. The van der Waals surface area contributed by atoms with Crippen molar-refractivity contribution in [1.29, 1.82) is 0 Å². The average molecular weight is 259 g/mol. The molecule has 1 aromatic heterocycles. The second-order valence-corrected chi connectivity index (χ2v) is 4.25. The second kappa shape index (κ2) is 4.15. The number of anilines is 1. The molecule has 2 amide bonds. The number of amides is 2. The highest BCUT2D eigenvalue weighted by Crippen LogP contribution is 2.31. The summed E-state index contributed by atoms with van der Waals surface area (Å²) < 4.78 is 37.7. The Bertz CT molecular complexity index is 475. The minimum absolute atomic E-state index is 0.0334. The summed E-state index contributed by atoms with van der Waals surface area (Å²) in [6, 6.07) is 1.39. The van der Waals surface area contributed by atoms with Crippen LogP contribution in [0.3, 0.4) is 0 Å². The minimum Gasteiger partial charge on any atom is -0.323 e. The molecule has 0 aliphatic carbocycles. The first kappa shape index (κ1) is 12.7. The molecule has 7 heteroatoms. The van der Waals surface area contributed by atoms with Crippen LogP contribution in [0.2, 0.25) is 0 Å². The van der Waals surface area contributed by atoms with Gasteiger partial charge in [-0.25, -0.2) is 9.78 Å². The van der Waals surface area contributed by atoms with Crippen molar-refractivity contribution in [3.8, 4) is 0 Å². The fraction of sp³-hybridized carbons (Fsp3) is 0.455. The second-order valence-electron chi connectivity index (χ2n) is 4.25. The summed E-state index contributed by atoms with van der Waals surface area (Å²) in [6.07, 6.45) is -3.37. The SMILES string of the molecule is CC1CN(c2cc(C(F)(F)F)ccn2)C(=O)N1C. The van der Waals surface area contributed by atoms with Crippen LogP contribution in [0.5, 0.6) is 0 Å². The number of alkyl halides is 3. The van der Waals surface area contributed by atoms with E-state index in [-0.39, 0.29) is 17.9 Å².